The maximum atomic E-state index is 8.70. The van der Waals surface area contributed by atoms with E-state index in [1.165, 1.54) is 25.7 Å². The Bertz CT molecular complexity index is 125. The summed E-state index contributed by atoms with van der Waals surface area (Å²) in [5.41, 5.74) is 9.81. The van der Waals surface area contributed by atoms with Gasteiger partial charge in [-0.05, 0) is 0 Å². The van der Waals surface area contributed by atoms with Crippen molar-refractivity contribution >= 4 is 8.25 Å². The molecule has 0 aliphatic heterocycles. The van der Waals surface area contributed by atoms with Crippen LogP contribution in [0.5, 0.6) is 0 Å². The fourth-order valence-corrected chi connectivity index (χ4v) is 0.250. The first kappa shape index (κ1) is 50.9. The molecular weight excluding hydrogens is 414 g/mol. The molecule has 0 saturated heterocycles. The molecule has 1 aliphatic carbocycles. The van der Waals surface area contributed by atoms with Gasteiger partial charge in [-0.2, -0.15) is 0 Å². The van der Waals surface area contributed by atoms with Crippen molar-refractivity contribution in [2.45, 2.75) is 25.7 Å². The van der Waals surface area contributed by atoms with Crippen LogP contribution >= 0.6 is 8.25 Å². The molecule has 0 aromatic heterocycles. The van der Waals surface area contributed by atoms with E-state index in [0.29, 0.717) is 13.1 Å². The summed E-state index contributed by atoms with van der Waals surface area (Å²) in [6.45, 7) is 1.19. The minimum atomic E-state index is -2.87. The van der Waals surface area contributed by atoms with E-state index in [1.54, 1.807) is 0 Å². The second-order valence-corrected chi connectivity index (χ2v) is 2.75. The van der Waals surface area contributed by atoms with E-state index in [0.717, 1.165) is 0 Å². The van der Waals surface area contributed by atoms with Gasteiger partial charge in [0, 0.05) is 17.7 Å². The predicted octanol–water partition coefficient (Wildman–Crippen LogP) is -17.2. The van der Waals surface area contributed by atoms with Crippen LogP contribution in [0.25, 0.3) is 0 Å². The molecule has 5 nitrogen and oxygen atoms in total. The van der Waals surface area contributed by atoms with E-state index in [2.05, 4.69) is 0 Å². The van der Waals surface area contributed by atoms with Crippen LogP contribution in [0.4, 0.5) is 0 Å². The standard InChI is InChI=1S/C4H8.C2H8N2.6K.HO3P.6H/c1-2-4-3-1;3-1-2-4;;;;;;;1-4(2)3;;;;;;/h2*1-4H2;;;;;;;(H-,1,2,3);;;;;;/q;;6*+1;;6*-1/p+1. The molecular formula is C6H24K6N2O3P+. The van der Waals surface area contributed by atoms with Crippen molar-refractivity contribution < 1.29 is 331 Å². The molecule has 1 fully saturated rings. The van der Waals surface area contributed by atoms with Crippen molar-refractivity contribution in [1.82, 2.24) is 0 Å². The molecule has 0 unspecified atom stereocenters. The van der Waals surface area contributed by atoms with Crippen molar-refractivity contribution in [3.8, 4) is 0 Å². The van der Waals surface area contributed by atoms with E-state index in [1.807, 2.05) is 0 Å². The van der Waals surface area contributed by atoms with Crippen molar-refractivity contribution in [3.05, 3.63) is 0 Å². The van der Waals surface area contributed by atoms with Crippen LogP contribution in [-0.4, -0.2) is 22.9 Å². The van der Waals surface area contributed by atoms with Crippen LogP contribution in [0.2, 0.25) is 0 Å². The smallest absolute Gasteiger partial charge is 1.00 e. The van der Waals surface area contributed by atoms with E-state index in [-0.39, 0.29) is 317 Å². The minimum Gasteiger partial charge on any atom is -1.00 e. The molecule has 0 atom stereocenters. The molecule has 1 aliphatic rings. The normalized spacial score (nSPS) is 8.44. The first-order valence-electron chi connectivity index (χ1n) is 3.90. The zero-order valence-electron chi connectivity index (χ0n) is 19.1. The molecule has 6 N–H and O–H groups in total. The minimum absolute atomic E-state index is 0. The second kappa shape index (κ2) is 50.5. The largest absolute Gasteiger partial charge is 1.00 e. The van der Waals surface area contributed by atoms with Gasteiger partial charge in [0.15, 0.2) is 0 Å². The third-order valence-corrected chi connectivity index (χ3v) is 1.17. The molecule has 86 valence electrons. The number of hydrogen-bond donors (Lipinski definition) is 4. The fraction of sp³-hybridized carbons (Fsp3) is 1.00. The summed E-state index contributed by atoms with van der Waals surface area (Å²) in [7, 11) is -2.87. The fourth-order valence-electron chi connectivity index (χ4n) is 0.250. The van der Waals surface area contributed by atoms with Gasteiger partial charge in [0.25, 0.3) is 0 Å². The summed E-state index contributed by atoms with van der Waals surface area (Å²) < 4.78 is 8.70. The van der Waals surface area contributed by atoms with Crippen molar-refractivity contribution in [1.29, 1.82) is 0 Å². The van der Waals surface area contributed by atoms with E-state index in [9.17, 15) is 0 Å². The van der Waals surface area contributed by atoms with Crippen LogP contribution in [0.1, 0.15) is 34.2 Å². The van der Waals surface area contributed by atoms with Gasteiger partial charge in [-0.15, -0.1) is 9.79 Å². The summed E-state index contributed by atoms with van der Waals surface area (Å²) in [4.78, 5) is 14.2. The predicted molar refractivity (Wildman–Crippen MR) is 55.3 cm³/mol. The van der Waals surface area contributed by atoms with Gasteiger partial charge < -0.3 is 20.0 Å². The molecule has 0 radical (unpaired) electrons. The zero-order chi connectivity index (χ0) is 9.82. The van der Waals surface area contributed by atoms with E-state index < -0.39 is 8.25 Å². The molecule has 0 aromatic rings. The van der Waals surface area contributed by atoms with Gasteiger partial charge in [0.1, 0.15) is 0 Å². The topological polar surface area (TPSA) is 110 Å². The van der Waals surface area contributed by atoms with Crippen LogP contribution in [0, 0.1) is 0 Å². The second-order valence-electron chi connectivity index (χ2n) is 2.24. The van der Waals surface area contributed by atoms with Gasteiger partial charge >= 0.3 is 317 Å². The summed E-state index contributed by atoms with van der Waals surface area (Å²) in [5, 5.41) is 0. The molecule has 1 rings (SSSR count). The number of nitrogens with two attached hydrogens (primary N) is 2. The molecule has 18 heavy (non-hydrogen) atoms. The van der Waals surface area contributed by atoms with Crippen LogP contribution in [-0.2, 0) is 4.57 Å². The summed E-state index contributed by atoms with van der Waals surface area (Å²) in [6.07, 6.45) is 6.00. The Hall–Kier alpha value is 9.76. The quantitative estimate of drug-likeness (QED) is 0.241. The molecule has 0 amide bonds. The molecule has 0 aromatic carbocycles. The molecule has 0 bridgehead atoms. The first-order valence-corrected chi connectivity index (χ1v) is 5.06. The maximum absolute atomic E-state index is 8.70. The van der Waals surface area contributed by atoms with Crippen molar-refractivity contribution in [2.24, 2.45) is 11.5 Å². The summed E-state index contributed by atoms with van der Waals surface area (Å²) >= 11 is 0. The van der Waals surface area contributed by atoms with E-state index >= 15 is 0 Å². The summed E-state index contributed by atoms with van der Waals surface area (Å²) in [6, 6.07) is 0. The van der Waals surface area contributed by atoms with Gasteiger partial charge in [-0.3, -0.25) is 0 Å². The Labute approximate surface area is 376 Å². The Morgan fingerprint density at radius 3 is 0.889 bits per heavy atom. The van der Waals surface area contributed by atoms with Crippen LogP contribution < -0.4 is 320 Å². The SMILES string of the molecule is C1CCC1.NCCN.O=[P+](O)O.[H-].[H-].[H-].[H-].[H-].[H-].[K+].[K+].[K+].[K+].[K+].[K+]. The maximum Gasteiger partial charge on any atom is 1.00 e. The van der Waals surface area contributed by atoms with Crippen LogP contribution in [0.3, 0.4) is 0 Å². The first-order chi connectivity index (χ1) is 5.65. The number of hydrogen-bond acceptors (Lipinski definition) is 3. The molecule has 0 heterocycles. The van der Waals surface area contributed by atoms with Gasteiger partial charge in [-0.25, -0.2) is 0 Å². The van der Waals surface area contributed by atoms with Gasteiger partial charge in [0.2, 0.25) is 0 Å². The average molecular weight is 438 g/mol. The Balaban J connectivity index is -0.00000000417. The average Bonchev–Trinajstić information content (AvgIpc) is 1.82. The van der Waals surface area contributed by atoms with Gasteiger partial charge in [-0.1, -0.05) is 25.7 Å². The number of rotatable bonds is 1. The summed E-state index contributed by atoms with van der Waals surface area (Å²) in [5.74, 6) is 0. The van der Waals surface area contributed by atoms with Crippen molar-refractivity contribution in [3.63, 3.8) is 0 Å². The van der Waals surface area contributed by atoms with Gasteiger partial charge in [0.05, 0.1) is 0 Å². The molecule has 0 spiro atoms. The third-order valence-electron chi connectivity index (χ3n) is 1.17. The Morgan fingerprint density at radius 1 is 0.778 bits per heavy atom. The van der Waals surface area contributed by atoms with Crippen LogP contribution in [0.15, 0.2) is 0 Å². The zero-order valence-corrected chi connectivity index (χ0v) is 32.8. The molecule has 1 saturated carbocycles. The Morgan fingerprint density at radius 2 is 0.889 bits per heavy atom. The monoisotopic (exact) mass is 437 g/mol. The van der Waals surface area contributed by atoms with E-state index in [4.69, 9.17) is 25.8 Å². The Kier molecular flexibility index (Phi) is 143. The third kappa shape index (κ3) is 72.5. The molecule has 12 heteroatoms. The van der Waals surface area contributed by atoms with Crippen molar-refractivity contribution in [2.75, 3.05) is 13.1 Å².